The van der Waals surface area contributed by atoms with Crippen molar-refractivity contribution in [2.45, 2.75) is 131 Å². The monoisotopic (exact) mass is 474 g/mol. The first-order chi connectivity index (χ1) is 15.5. The molecule has 3 N–H and O–H groups in total. The third-order valence-corrected chi connectivity index (χ3v) is 11.9. The minimum atomic E-state index is -1.05. The Hall–Kier alpha value is -0.710. The molecular formula is C30H50O4. The molecule has 0 spiro atoms. The van der Waals surface area contributed by atoms with Crippen LogP contribution in [0.25, 0.3) is 0 Å². The molecule has 0 aliphatic heterocycles. The van der Waals surface area contributed by atoms with Crippen LogP contribution in [0.3, 0.4) is 0 Å². The molecule has 4 heteroatoms. The summed E-state index contributed by atoms with van der Waals surface area (Å²) >= 11 is 0. The van der Waals surface area contributed by atoms with Crippen LogP contribution in [-0.4, -0.2) is 38.9 Å². The van der Waals surface area contributed by atoms with E-state index in [-0.39, 0.29) is 22.0 Å². The molecule has 0 saturated heterocycles. The smallest absolute Gasteiger partial charge is 0.167 e. The minimum absolute atomic E-state index is 0.0360. The third-order valence-electron chi connectivity index (χ3n) is 11.9. The van der Waals surface area contributed by atoms with E-state index in [1.807, 2.05) is 0 Å². The van der Waals surface area contributed by atoms with Gasteiger partial charge in [-0.2, -0.15) is 0 Å². The number of carbonyl (C=O) groups is 1. The quantitative estimate of drug-likeness (QED) is 0.439. The van der Waals surface area contributed by atoms with E-state index in [9.17, 15) is 20.1 Å². The molecule has 0 amide bonds. The van der Waals surface area contributed by atoms with Crippen molar-refractivity contribution >= 4 is 5.78 Å². The van der Waals surface area contributed by atoms with Gasteiger partial charge in [-0.05, 0) is 106 Å². The van der Waals surface area contributed by atoms with Crippen LogP contribution >= 0.6 is 0 Å². The molecule has 4 nitrogen and oxygen atoms in total. The summed E-state index contributed by atoms with van der Waals surface area (Å²) in [4.78, 5) is 12.9. The van der Waals surface area contributed by atoms with Gasteiger partial charge in [-0.1, -0.05) is 52.7 Å². The van der Waals surface area contributed by atoms with E-state index in [0.717, 1.165) is 32.1 Å². The summed E-state index contributed by atoms with van der Waals surface area (Å²) < 4.78 is 0. The van der Waals surface area contributed by atoms with Crippen LogP contribution in [0.1, 0.15) is 113 Å². The maximum Gasteiger partial charge on any atom is 0.167 e. The third kappa shape index (κ3) is 3.60. The number of aliphatic hydroxyl groups excluding tert-OH is 2. The molecule has 8 atom stereocenters. The van der Waals surface area contributed by atoms with Crippen molar-refractivity contribution in [3.05, 3.63) is 11.1 Å². The van der Waals surface area contributed by atoms with Crippen LogP contribution in [0, 0.1) is 39.4 Å². The topological polar surface area (TPSA) is 77.8 Å². The van der Waals surface area contributed by atoms with Crippen molar-refractivity contribution in [1.29, 1.82) is 0 Å². The van der Waals surface area contributed by atoms with Gasteiger partial charge in [-0.15, -0.1) is 0 Å². The largest absolute Gasteiger partial charge is 0.390 e. The Balaban J connectivity index is 1.63. The van der Waals surface area contributed by atoms with Gasteiger partial charge in [-0.25, -0.2) is 0 Å². The number of aliphatic hydroxyl groups is 3. The average Bonchev–Trinajstić information content (AvgIpc) is 3.01. The number of ketones is 1. The molecule has 34 heavy (non-hydrogen) atoms. The fourth-order valence-corrected chi connectivity index (χ4v) is 9.56. The number of allylic oxidation sites excluding steroid dienone is 2. The highest BCUT2D eigenvalue weighted by molar-refractivity contribution is 5.89. The first kappa shape index (κ1) is 26.4. The Labute approximate surface area is 207 Å². The zero-order chi connectivity index (χ0) is 25.5. The lowest BCUT2D eigenvalue weighted by Gasteiger charge is -2.61. The summed E-state index contributed by atoms with van der Waals surface area (Å²) in [6, 6.07) is 0. The molecule has 0 aromatic heterocycles. The van der Waals surface area contributed by atoms with E-state index >= 15 is 0 Å². The van der Waals surface area contributed by atoms with E-state index < -0.39 is 23.2 Å². The fraction of sp³-hybridized carbons (Fsp3) is 0.900. The Kier molecular flexibility index (Phi) is 6.32. The molecule has 0 aromatic carbocycles. The minimum Gasteiger partial charge on any atom is -0.390 e. The summed E-state index contributed by atoms with van der Waals surface area (Å²) in [6.07, 6.45) is 7.45. The second-order valence-electron chi connectivity index (χ2n) is 14.4. The number of rotatable bonds is 5. The van der Waals surface area contributed by atoms with Crippen LogP contribution in [0.15, 0.2) is 11.1 Å². The second kappa shape index (κ2) is 8.15. The molecule has 0 aromatic rings. The van der Waals surface area contributed by atoms with E-state index in [2.05, 4.69) is 41.5 Å². The average molecular weight is 475 g/mol. The molecule has 4 aliphatic rings. The van der Waals surface area contributed by atoms with Gasteiger partial charge < -0.3 is 15.3 Å². The highest BCUT2D eigenvalue weighted by atomic mass is 16.3. The van der Waals surface area contributed by atoms with Gasteiger partial charge in [0.25, 0.3) is 0 Å². The summed E-state index contributed by atoms with van der Waals surface area (Å²) in [5, 5.41) is 31.3. The van der Waals surface area contributed by atoms with Crippen LogP contribution in [0.4, 0.5) is 0 Å². The molecule has 194 valence electrons. The van der Waals surface area contributed by atoms with E-state index in [1.165, 1.54) is 12.8 Å². The summed E-state index contributed by atoms with van der Waals surface area (Å²) in [5.41, 5.74) is 2.02. The second-order valence-corrected chi connectivity index (χ2v) is 14.4. The van der Waals surface area contributed by atoms with Crippen LogP contribution in [0.2, 0.25) is 0 Å². The van der Waals surface area contributed by atoms with E-state index in [0.29, 0.717) is 30.6 Å². The van der Waals surface area contributed by atoms with Crippen molar-refractivity contribution in [2.24, 2.45) is 39.4 Å². The molecule has 0 heterocycles. The Bertz CT molecular complexity index is 866. The predicted octanol–water partition coefficient (Wildman–Crippen LogP) is 5.82. The predicted molar refractivity (Wildman–Crippen MR) is 136 cm³/mol. The van der Waals surface area contributed by atoms with Crippen molar-refractivity contribution < 1.29 is 20.1 Å². The van der Waals surface area contributed by atoms with Gasteiger partial charge in [0.05, 0.1) is 11.7 Å². The fourth-order valence-electron chi connectivity index (χ4n) is 9.56. The lowest BCUT2D eigenvalue weighted by molar-refractivity contribution is -0.153. The highest BCUT2D eigenvalue weighted by Gasteiger charge is 2.64. The summed E-state index contributed by atoms with van der Waals surface area (Å²) in [7, 11) is 0. The Morgan fingerprint density at radius 1 is 1.00 bits per heavy atom. The molecule has 2 fully saturated rings. The summed E-state index contributed by atoms with van der Waals surface area (Å²) in [5.74, 6) is 1.46. The van der Waals surface area contributed by atoms with Gasteiger partial charge in [0.15, 0.2) is 5.78 Å². The number of fused-ring (bicyclic) bond motifs is 4. The first-order valence-electron chi connectivity index (χ1n) is 13.9. The highest BCUT2D eigenvalue weighted by Crippen LogP contribution is 2.72. The van der Waals surface area contributed by atoms with Gasteiger partial charge in [0.2, 0.25) is 0 Å². The van der Waals surface area contributed by atoms with Crippen molar-refractivity contribution in [3.63, 3.8) is 0 Å². The van der Waals surface area contributed by atoms with Crippen LogP contribution in [0.5, 0.6) is 0 Å². The van der Waals surface area contributed by atoms with Gasteiger partial charge in [0.1, 0.15) is 6.10 Å². The molecule has 1 unspecified atom stereocenters. The number of hydrogen-bond donors (Lipinski definition) is 3. The molecular weight excluding hydrogens is 424 g/mol. The molecule has 4 aliphatic carbocycles. The Morgan fingerprint density at radius 3 is 2.26 bits per heavy atom. The van der Waals surface area contributed by atoms with Crippen molar-refractivity contribution in [3.8, 4) is 0 Å². The van der Waals surface area contributed by atoms with Gasteiger partial charge >= 0.3 is 0 Å². The van der Waals surface area contributed by atoms with Crippen LogP contribution in [-0.2, 0) is 4.79 Å². The molecule has 0 radical (unpaired) electrons. The molecule has 4 rings (SSSR count). The van der Waals surface area contributed by atoms with Crippen molar-refractivity contribution in [2.75, 3.05) is 0 Å². The maximum absolute atomic E-state index is 12.9. The standard InChI is InChI=1S/C30H50O4/c1-18(9-12-24(32)27(4,5)34)19-13-15-30(8)21-10-11-23-26(2,3)25(33)22(31)17-28(23,6)20(21)14-16-29(19,30)7/h18-19,22-24,31-32,34H,9-17H2,1-8H3/t18-,19-,22-,23+,24?,28-,29-,30+/m1/s1. The van der Waals surface area contributed by atoms with Gasteiger partial charge in [0, 0.05) is 5.41 Å². The number of carbonyl (C=O) groups excluding carboxylic acids is 1. The number of hydrogen-bond acceptors (Lipinski definition) is 4. The zero-order valence-electron chi connectivity index (χ0n) is 23.0. The lowest BCUT2D eigenvalue weighted by atomic mass is 9.43. The zero-order valence-corrected chi connectivity index (χ0v) is 23.0. The van der Waals surface area contributed by atoms with Gasteiger partial charge in [-0.3, -0.25) is 4.79 Å². The lowest BCUT2D eigenvalue weighted by Crippen LogP contribution is -2.57. The molecule has 0 bridgehead atoms. The van der Waals surface area contributed by atoms with E-state index in [1.54, 1.807) is 25.0 Å². The van der Waals surface area contributed by atoms with Crippen molar-refractivity contribution in [1.82, 2.24) is 0 Å². The van der Waals surface area contributed by atoms with Crippen LogP contribution < -0.4 is 0 Å². The SMILES string of the molecule is C[C@H](CCC(O)C(C)(C)O)[C@H]1CC[C@@]2(C)C3=C(CC[C@]12C)[C@@]1(C)C[C@@H](O)C(=O)C(C)(C)[C@@H]1CC3. The Morgan fingerprint density at radius 2 is 1.65 bits per heavy atom. The maximum atomic E-state index is 12.9. The normalized spacial score (nSPS) is 43.7. The van der Waals surface area contributed by atoms with E-state index in [4.69, 9.17) is 0 Å². The first-order valence-corrected chi connectivity index (χ1v) is 13.9. The number of Topliss-reactive ketones (excluding diaryl/α,β-unsaturated/α-hetero) is 1. The molecule has 2 saturated carbocycles. The summed E-state index contributed by atoms with van der Waals surface area (Å²) in [6.45, 7) is 17.3.